The summed E-state index contributed by atoms with van der Waals surface area (Å²) in [5, 5.41) is 2.68. The van der Waals surface area contributed by atoms with E-state index in [1.165, 1.54) is 0 Å². The number of carbonyl (C=O) groups excluding carboxylic acids is 3. The third-order valence-corrected chi connectivity index (χ3v) is 5.83. The molecule has 0 heterocycles. The summed E-state index contributed by atoms with van der Waals surface area (Å²) in [5.74, 6) is -0.850. The SMILES string of the molecule is CC(C)C[C@H](N)[C@H](CC(=O)OCc1ccccc1)OC(=O)[C@@H](N)CCCCNC(=O)OCc1ccccc1. The number of alkyl carbamates (subject to hydrolysis) is 1. The van der Waals surface area contributed by atoms with Gasteiger partial charge < -0.3 is 31.0 Å². The van der Waals surface area contributed by atoms with Gasteiger partial charge in [-0.1, -0.05) is 74.5 Å². The van der Waals surface area contributed by atoms with Crippen LogP contribution in [0.5, 0.6) is 0 Å². The first-order chi connectivity index (χ1) is 18.2. The normalized spacial score (nSPS) is 13.3. The molecule has 1 amide bonds. The van der Waals surface area contributed by atoms with Crippen LogP contribution in [0.2, 0.25) is 0 Å². The number of amides is 1. The zero-order valence-electron chi connectivity index (χ0n) is 22.3. The Balaban J connectivity index is 1.72. The maximum Gasteiger partial charge on any atom is 0.407 e. The van der Waals surface area contributed by atoms with E-state index in [1.54, 1.807) is 0 Å². The van der Waals surface area contributed by atoms with E-state index in [4.69, 9.17) is 25.7 Å². The Hall–Kier alpha value is -3.43. The molecule has 2 aromatic carbocycles. The number of nitrogens with two attached hydrogens (primary N) is 2. The number of hydrogen-bond acceptors (Lipinski definition) is 8. The lowest BCUT2D eigenvalue weighted by Gasteiger charge is -2.26. The van der Waals surface area contributed by atoms with Crippen LogP contribution in [-0.4, -0.2) is 42.8 Å². The van der Waals surface area contributed by atoms with E-state index in [1.807, 2.05) is 74.5 Å². The van der Waals surface area contributed by atoms with Crippen LogP contribution in [0.25, 0.3) is 0 Å². The molecule has 9 nitrogen and oxygen atoms in total. The van der Waals surface area contributed by atoms with Gasteiger partial charge in [0.2, 0.25) is 0 Å². The van der Waals surface area contributed by atoms with Crippen LogP contribution in [0.3, 0.4) is 0 Å². The molecule has 0 aliphatic heterocycles. The van der Waals surface area contributed by atoms with Crippen molar-refractivity contribution in [2.45, 2.75) is 77.4 Å². The smallest absolute Gasteiger partial charge is 0.407 e. The molecule has 0 saturated heterocycles. The van der Waals surface area contributed by atoms with Crippen molar-refractivity contribution in [3.8, 4) is 0 Å². The Morgan fingerprint density at radius 2 is 1.42 bits per heavy atom. The number of rotatable bonds is 16. The molecule has 0 spiro atoms. The summed E-state index contributed by atoms with van der Waals surface area (Å²) in [6, 6.07) is 17.3. The minimum atomic E-state index is -0.867. The molecule has 208 valence electrons. The highest BCUT2D eigenvalue weighted by atomic mass is 16.6. The van der Waals surface area contributed by atoms with Crippen molar-refractivity contribution >= 4 is 18.0 Å². The number of hydrogen-bond donors (Lipinski definition) is 3. The van der Waals surface area contributed by atoms with Gasteiger partial charge in [0.05, 0.1) is 6.42 Å². The molecule has 38 heavy (non-hydrogen) atoms. The first-order valence-corrected chi connectivity index (χ1v) is 13.1. The van der Waals surface area contributed by atoms with Gasteiger partial charge in [0.1, 0.15) is 25.4 Å². The molecule has 9 heteroatoms. The lowest BCUT2D eigenvalue weighted by atomic mass is 9.98. The van der Waals surface area contributed by atoms with Gasteiger partial charge in [-0.05, 0) is 42.7 Å². The standard InChI is InChI=1S/C29H41N3O6/c1-21(2)17-25(31)26(18-27(33)36-19-22-11-5-3-6-12-22)38-28(34)24(30)15-9-10-16-32-29(35)37-20-23-13-7-4-8-14-23/h3-8,11-14,21,24-26H,9-10,15-20,30-31H2,1-2H3,(H,32,35)/t24-,25-,26-/m0/s1. The molecule has 2 aromatic rings. The molecule has 0 aliphatic carbocycles. The second kappa shape index (κ2) is 17.1. The molecule has 5 N–H and O–H groups in total. The summed E-state index contributed by atoms with van der Waals surface area (Å²) < 4.78 is 16.1. The Labute approximate surface area is 225 Å². The quantitative estimate of drug-likeness (QED) is 0.170. The molecule has 2 rings (SSSR count). The van der Waals surface area contributed by atoms with Gasteiger partial charge in [-0.25, -0.2) is 4.79 Å². The van der Waals surface area contributed by atoms with E-state index in [9.17, 15) is 14.4 Å². The largest absolute Gasteiger partial charge is 0.461 e. The zero-order chi connectivity index (χ0) is 27.8. The lowest BCUT2D eigenvalue weighted by Crippen LogP contribution is -2.44. The summed E-state index contributed by atoms with van der Waals surface area (Å²) in [5.41, 5.74) is 14.1. The fraction of sp³-hybridized carbons (Fsp3) is 0.483. The minimum absolute atomic E-state index is 0.132. The molecule has 0 fully saturated rings. The average Bonchev–Trinajstić information content (AvgIpc) is 2.90. The van der Waals surface area contributed by atoms with Crippen LogP contribution in [0.15, 0.2) is 60.7 Å². The van der Waals surface area contributed by atoms with Crippen molar-refractivity contribution in [1.82, 2.24) is 5.32 Å². The number of unbranched alkanes of at least 4 members (excludes halogenated alkanes) is 1. The van der Waals surface area contributed by atoms with Gasteiger partial charge in [0.15, 0.2) is 0 Å². The molecular weight excluding hydrogens is 486 g/mol. The van der Waals surface area contributed by atoms with Crippen LogP contribution >= 0.6 is 0 Å². The molecule has 0 saturated carbocycles. The van der Waals surface area contributed by atoms with Crippen molar-refractivity contribution in [2.24, 2.45) is 17.4 Å². The van der Waals surface area contributed by atoms with E-state index in [-0.39, 0.29) is 25.6 Å². The predicted molar refractivity (Wildman–Crippen MR) is 145 cm³/mol. The van der Waals surface area contributed by atoms with E-state index >= 15 is 0 Å². The summed E-state index contributed by atoms with van der Waals surface area (Å²) in [6.07, 6.45) is 0.670. The average molecular weight is 528 g/mol. The number of nitrogens with one attached hydrogen (secondary N) is 1. The lowest BCUT2D eigenvalue weighted by molar-refractivity contribution is -0.158. The number of ether oxygens (including phenoxy) is 3. The van der Waals surface area contributed by atoms with E-state index in [2.05, 4.69) is 5.32 Å². The maximum absolute atomic E-state index is 12.7. The van der Waals surface area contributed by atoms with Crippen molar-refractivity contribution in [3.05, 3.63) is 71.8 Å². The number of benzene rings is 2. The van der Waals surface area contributed by atoms with Crippen LogP contribution in [-0.2, 0) is 37.0 Å². The Morgan fingerprint density at radius 1 is 0.842 bits per heavy atom. The topological polar surface area (TPSA) is 143 Å². The first kappa shape index (κ1) is 30.8. The molecular formula is C29H41N3O6. The monoisotopic (exact) mass is 527 g/mol. The Kier molecular flexibility index (Phi) is 13.9. The zero-order valence-corrected chi connectivity index (χ0v) is 22.3. The second-order valence-electron chi connectivity index (χ2n) is 9.71. The fourth-order valence-electron chi connectivity index (χ4n) is 3.75. The van der Waals surface area contributed by atoms with Gasteiger partial charge in [0, 0.05) is 12.6 Å². The van der Waals surface area contributed by atoms with Gasteiger partial charge in [0.25, 0.3) is 0 Å². The van der Waals surface area contributed by atoms with Crippen molar-refractivity contribution in [3.63, 3.8) is 0 Å². The highest BCUT2D eigenvalue weighted by molar-refractivity contribution is 5.76. The molecule has 0 bridgehead atoms. The van der Waals surface area contributed by atoms with Gasteiger partial charge in [-0.2, -0.15) is 0 Å². The van der Waals surface area contributed by atoms with E-state index < -0.39 is 36.2 Å². The highest BCUT2D eigenvalue weighted by Crippen LogP contribution is 2.15. The van der Waals surface area contributed by atoms with Crippen LogP contribution in [0.4, 0.5) is 4.79 Å². The maximum atomic E-state index is 12.7. The van der Waals surface area contributed by atoms with Crippen LogP contribution in [0, 0.1) is 5.92 Å². The third kappa shape index (κ3) is 12.7. The molecule has 0 aromatic heterocycles. The summed E-state index contributed by atoms with van der Waals surface area (Å²) >= 11 is 0. The summed E-state index contributed by atoms with van der Waals surface area (Å²) in [4.78, 5) is 36.9. The van der Waals surface area contributed by atoms with E-state index in [0.29, 0.717) is 32.2 Å². The van der Waals surface area contributed by atoms with E-state index in [0.717, 1.165) is 11.1 Å². The summed E-state index contributed by atoms with van der Waals surface area (Å²) in [6.45, 7) is 4.73. The van der Waals surface area contributed by atoms with Crippen LogP contribution in [0.1, 0.15) is 57.1 Å². The van der Waals surface area contributed by atoms with Crippen molar-refractivity contribution < 1.29 is 28.6 Å². The molecule has 0 radical (unpaired) electrons. The first-order valence-electron chi connectivity index (χ1n) is 13.1. The Morgan fingerprint density at radius 3 is 2.00 bits per heavy atom. The third-order valence-electron chi connectivity index (χ3n) is 5.83. The van der Waals surface area contributed by atoms with Crippen molar-refractivity contribution in [2.75, 3.05) is 6.54 Å². The number of esters is 2. The number of carbonyl (C=O) groups is 3. The molecule has 0 aliphatic rings. The van der Waals surface area contributed by atoms with Crippen LogP contribution < -0.4 is 16.8 Å². The molecule has 3 atom stereocenters. The fourth-order valence-corrected chi connectivity index (χ4v) is 3.75. The molecule has 0 unspecified atom stereocenters. The van der Waals surface area contributed by atoms with Gasteiger partial charge in [-0.15, -0.1) is 0 Å². The second-order valence-corrected chi connectivity index (χ2v) is 9.71. The van der Waals surface area contributed by atoms with Crippen molar-refractivity contribution in [1.29, 1.82) is 0 Å². The summed E-state index contributed by atoms with van der Waals surface area (Å²) in [7, 11) is 0. The van der Waals surface area contributed by atoms with Gasteiger partial charge in [-0.3, -0.25) is 9.59 Å². The van der Waals surface area contributed by atoms with Gasteiger partial charge >= 0.3 is 18.0 Å². The highest BCUT2D eigenvalue weighted by Gasteiger charge is 2.28. The Bertz CT molecular complexity index is 971. The predicted octanol–water partition coefficient (Wildman–Crippen LogP) is 3.83. The minimum Gasteiger partial charge on any atom is -0.461 e.